The molecule has 0 spiro atoms. The molecule has 1 amide bonds. The number of nitrogens with one attached hydrogen (secondary N) is 1. The molecule has 0 radical (unpaired) electrons. The number of nitrogens with zero attached hydrogens (tertiary/aromatic N) is 2. The molecule has 0 bridgehead atoms. The fraction of sp³-hybridized carbons (Fsp3) is 0.0556. The third-order valence-corrected chi connectivity index (χ3v) is 4.50. The van der Waals surface area contributed by atoms with Gasteiger partial charge in [-0.3, -0.25) is 9.00 Å². The molecule has 25 heavy (non-hydrogen) atoms. The largest absolute Gasteiger partial charge is 0.382 e. The molecular weight excluding hydrogens is 336 g/mol. The Hall–Kier alpha value is -3.06. The highest BCUT2D eigenvalue weighted by Crippen LogP contribution is 2.25. The minimum absolute atomic E-state index is 0.0260. The van der Waals surface area contributed by atoms with E-state index in [1.165, 1.54) is 6.20 Å². The lowest BCUT2D eigenvalue weighted by atomic mass is 10.1. The van der Waals surface area contributed by atoms with E-state index < -0.39 is 16.7 Å². The molecule has 0 aliphatic carbocycles. The van der Waals surface area contributed by atoms with Gasteiger partial charge in [0.2, 0.25) is 0 Å². The van der Waals surface area contributed by atoms with Crippen LogP contribution < -0.4 is 11.1 Å². The minimum Gasteiger partial charge on any atom is -0.382 e. The first-order valence-corrected chi connectivity index (χ1v) is 9.04. The van der Waals surface area contributed by atoms with Crippen molar-refractivity contribution in [3.63, 3.8) is 0 Å². The number of carbonyl (C=O) groups excluding carboxylic acids is 1. The van der Waals surface area contributed by atoms with Crippen molar-refractivity contribution in [3.05, 3.63) is 66.5 Å². The van der Waals surface area contributed by atoms with Gasteiger partial charge in [0.05, 0.1) is 22.7 Å². The first kappa shape index (κ1) is 16.8. The molecule has 0 saturated heterocycles. The Morgan fingerprint density at radius 3 is 2.48 bits per heavy atom. The summed E-state index contributed by atoms with van der Waals surface area (Å²) >= 11 is 0. The predicted molar refractivity (Wildman–Crippen MR) is 98.6 cm³/mol. The Kier molecular flexibility index (Phi) is 4.85. The molecule has 3 rings (SSSR count). The van der Waals surface area contributed by atoms with Crippen LogP contribution in [0.2, 0.25) is 0 Å². The Bertz CT molecular complexity index is 945. The van der Waals surface area contributed by atoms with Gasteiger partial charge in [0, 0.05) is 22.4 Å². The van der Waals surface area contributed by atoms with Crippen molar-refractivity contribution in [1.82, 2.24) is 9.97 Å². The van der Waals surface area contributed by atoms with Gasteiger partial charge in [-0.25, -0.2) is 9.97 Å². The second-order valence-corrected chi connectivity index (χ2v) is 6.61. The van der Waals surface area contributed by atoms with Crippen molar-refractivity contribution >= 4 is 28.2 Å². The topological polar surface area (TPSA) is 98.0 Å². The zero-order valence-electron chi connectivity index (χ0n) is 13.5. The summed E-state index contributed by atoms with van der Waals surface area (Å²) in [5, 5.41) is 2.73. The Balaban J connectivity index is 1.99. The molecular formula is C18H16N4O2S. The van der Waals surface area contributed by atoms with E-state index in [1.807, 2.05) is 24.3 Å². The summed E-state index contributed by atoms with van der Waals surface area (Å²) in [6.45, 7) is 0. The zero-order valence-corrected chi connectivity index (χ0v) is 14.3. The summed E-state index contributed by atoms with van der Waals surface area (Å²) in [7, 11) is -1.19. The van der Waals surface area contributed by atoms with Gasteiger partial charge in [0.25, 0.3) is 5.91 Å². The first-order chi connectivity index (χ1) is 12.1. The van der Waals surface area contributed by atoms with E-state index >= 15 is 0 Å². The second kappa shape index (κ2) is 7.23. The molecule has 1 heterocycles. The normalized spacial score (nSPS) is 11.7. The molecule has 0 aliphatic heterocycles. The number of anilines is 2. The molecule has 0 fully saturated rings. The maximum atomic E-state index is 12.5. The second-order valence-electron chi connectivity index (χ2n) is 5.26. The van der Waals surface area contributed by atoms with Gasteiger partial charge in [-0.1, -0.05) is 36.4 Å². The Morgan fingerprint density at radius 2 is 1.76 bits per heavy atom. The van der Waals surface area contributed by atoms with Crippen LogP contribution in [0, 0.1) is 0 Å². The maximum absolute atomic E-state index is 12.5. The lowest BCUT2D eigenvalue weighted by Gasteiger charge is -2.10. The number of rotatable bonds is 4. The number of benzene rings is 2. The van der Waals surface area contributed by atoms with Crippen LogP contribution in [-0.2, 0) is 10.8 Å². The van der Waals surface area contributed by atoms with Crippen LogP contribution in [0.25, 0.3) is 11.3 Å². The molecule has 1 aromatic heterocycles. The van der Waals surface area contributed by atoms with Gasteiger partial charge in [0.1, 0.15) is 0 Å². The predicted octanol–water partition coefficient (Wildman–Crippen LogP) is 2.72. The van der Waals surface area contributed by atoms with Crippen molar-refractivity contribution in [1.29, 1.82) is 0 Å². The Labute approximate surface area is 147 Å². The zero-order chi connectivity index (χ0) is 17.8. The number of aromatic nitrogens is 2. The van der Waals surface area contributed by atoms with Crippen LogP contribution in [-0.4, -0.2) is 26.3 Å². The third kappa shape index (κ3) is 3.72. The molecule has 0 saturated carbocycles. The molecule has 7 heteroatoms. The third-order valence-electron chi connectivity index (χ3n) is 3.52. The smallest absolute Gasteiger partial charge is 0.278 e. The van der Waals surface area contributed by atoms with Gasteiger partial charge in [0.15, 0.2) is 11.5 Å². The first-order valence-electron chi connectivity index (χ1n) is 7.48. The van der Waals surface area contributed by atoms with Crippen LogP contribution in [0.5, 0.6) is 0 Å². The summed E-state index contributed by atoms with van der Waals surface area (Å²) in [5.74, 6) is -0.416. The summed E-state index contributed by atoms with van der Waals surface area (Å²) in [6, 6.07) is 16.2. The van der Waals surface area contributed by atoms with Crippen molar-refractivity contribution in [2.24, 2.45) is 0 Å². The fourth-order valence-corrected chi connectivity index (χ4v) is 3.09. The SMILES string of the molecule is CS(=O)c1ccccc1-c1cnc(N)c(C(=O)Nc2ccccc2)n1. The highest BCUT2D eigenvalue weighted by atomic mass is 32.2. The van der Waals surface area contributed by atoms with Gasteiger partial charge in [-0.15, -0.1) is 0 Å². The number of hydrogen-bond acceptors (Lipinski definition) is 5. The van der Waals surface area contributed by atoms with Crippen LogP contribution in [0.3, 0.4) is 0 Å². The highest BCUT2D eigenvalue weighted by Gasteiger charge is 2.17. The summed E-state index contributed by atoms with van der Waals surface area (Å²) in [5.41, 5.74) is 7.58. The van der Waals surface area contributed by atoms with E-state index in [1.54, 1.807) is 36.6 Å². The molecule has 1 atom stereocenters. The molecule has 0 aliphatic rings. The number of nitrogen functional groups attached to an aromatic ring is 1. The number of carbonyl (C=O) groups is 1. The van der Waals surface area contributed by atoms with Crippen LogP contribution >= 0.6 is 0 Å². The summed E-state index contributed by atoms with van der Waals surface area (Å²) in [6.07, 6.45) is 3.06. The molecule has 3 N–H and O–H groups in total. The number of amides is 1. The fourth-order valence-electron chi connectivity index (χ4n) is 2.34. The van der Waals surface area contributed by atoms with Crippen molar-refractivity contribution in [2.45, 2.75) is 4.90 Å². The number of nitrogens with two attached hydrogens (primary N) is 1. The summed E-state index contributed by atoms with van der Waals surface area (Å²) in [4.78, 5) is 21.5. The van der Waals surface area contributed by atoms with Crippen LogP contribution in [0.15, 0.2) is 65.7 Å². The average Bonchev–Trinajstić information content (AvgIpc) is 2.63. The molecule has 2 aromatic carbocycles. The Morgan fingerprint density at radius 1 is 1.08 bits per heavy atom. The van der Waals surface area contributed by atoms with Gasteiger partial charge in [-0.05, 0) is 18.2 Å². The molecule has 126 valence electrons. The lowest BCUT2D eigenvalue weighted by molar-refractivity contribution is 0.102. The monoisotopic (exact) mass is 352 g/mol. The van der Waals surface area contributed by atoms with Crippen molar-refractivity contribution in [2.75, 3.05) is 17.3 Å². The van der Waals surface area contributed by atoms with E-state index in [2.05, 4.69) is 15.3 Å². The van der Waals surface area contributed by atoms with Gasteiger partial charge in [-0.2, -0.15) is 0 Å². The minimum atomic E-state index is -1.19. The number of hydrogen-bond donors (Lipinski definition) is 2. The van der Waals surface area contributed by atoms with Crippen molar-refractivity contribution < 1.29 is 9.00 Å². The van der Waals surface area contributed by atoms with Crippen LogP contribution in [0.1, 0.15) is 10.5 Å². The lowest BCUT2D eigenvalue weighted by Crippen LogP contribution is -2.17. The van der Waals surface area contributed by atoms with Gasteiger partial charge < -0.3 is 11.1 Å². The summed E-state index contributed by atoms with van der Waals surface area (Å²) < 4.78 is 11.9. The molecule has 3 aromatic rings. The van der Waals surface area contributed by atoms with E-state index in [0.717, 1.165) is 0 Å². The number of para-hydroxylation sites is 1. The molecule has 1 unspecified atom stereocenters. The van der Waals surface area contributed by atoms with E-state index in [0.29, 0.717) is 21.8 Å². The van der Waals surface area contributed by atoms with E-state index in [4.69, 9.17) is 5.73 Å². The van der Waals surface area contributed by atoms with Gasteiger partial charge >= 0.3 is 0 Å². The van der Waals surface area contributed by atoms with E-state index in [-0.39, 0.29) is 11.5 Å². The maximum Gasteiger partial charge on any atom is 0.278 e. The quantitative estimate of drug-likeness (QED) is 0.752. The highest BCUT2D eigenvalue weighted by molar-refractivity contribution is 7.84. The van der Waals surface area contributed by atoms with Crippen LogP contribution in [0.4, 0.5) is 11.5 Å². The molecule has 6 nitrogen and oxygen atoms in total. The average molecular weight is 352 g/mol. The van der Waals surface area contributed by atoms with E-state index in [9.17, 15) is 9.00 Å². The standard InChI is InChI=1S/C18H16N4O2S/c1-25(24)15-10-6-5-9-13(15)14-11-20-17(19)16(22-14)18(23)21-12-7-3-2-4-8-12/h2-11H,1H3,(H2,19,20)(H,21,23). The van der Waals surface area contributed by atoms with Crippen molar-refractivity contribution in [3.8, 4) is 11.3 Å².